The highest BCUT2D eigenvalue weighted by Gasteiger charge is 2.31. The van der Waals surface area contributed by atoms with Crippen LogP contribution in [0.3, 0.4) is 0 Å². The van der Waals surface area contributed by atoms with Crippen molar-refractivity contribution in [2.45, 2.75) is 63.8 Å². The fourth-order valence-electron chi connectivity index (χ4n) is 4.67. The summed E-state index contributed by atoms with van der Waals surface area (Å²) >= 11 is 0. The smallest absolute Gasteiger partial charge is 0.317 e. The maximum atomic E-state index is 12.9. The number of carbonyl (C=O) groups is 2. The minimum Gasteiger partial charge on any atom is -0.339 e. The number of hydrogen-bond acceptors (Lipinski definition) is 3. The Hall–Kier alpha value is -1.30. The standard InChI is InChI=1S/C20H36N4O2/c1-22-11-6-5-10-18(22)19(25)23-12-7-13-24(15-14-23)20(26)21-16-17-8-3-2-4-9-17/h17-18H,2-16H2,1H3,(H,21,26). The van der Waals surface area contributed by atoms with E-state index in [1.807, 2.05) is 9.80 Å². The summed E-state index contributed by atoms with van der Waals surface area (Å²) in [6.45, 7) is 4.67. The number of likely N-dealkylation sites (N-methyl/N-ethyl adjacent to an activating group) is 1. The lowest BCUT2D eigenvalue weighted by atomic mass is 9.89. The number of piperidine rings is 1. The lowest BCUT2D eigenvalue weighted by Crippen LogP contribution is -2.50. The topological polar surface area (TPSA) is 55.9 Å². The average molecular weight is 365 g/mol. The summed E-state index contributed by atoms with van der Waals surface area (Å²) in [5.74, 6) is 0.913. The first-order chi connectivity index (χ1) is 12.6. The normalized spacial score (nSPS) is 26.4. The minimum absolute atomic E-state index is 0.0374. The highest BCUT2D eigenvalue weighted by Crippen LogP contribution is 2.23. The number of amides is 3. The molecule has 0 radical (unpaired) electrons. The van der Waals surface area contributed by atoms with Gasteiger partial charge in [0.2, 0.25) is 5.91 Å². The highest BCUT2D eigenvalue weighted by molar-refractivity contribution is 5.82. The Labute approximate surface area is 158 Å². The maximum Gasteiger partial charge on any atom is 0.317 e. The van der Waals surface area contributed by atoms with Crippen LogP contribution < -0.4 is 5.32 Å². The largest absolute Gasteiger partial charge is 0.339 e. The van der Waals surface area contributed by atoms with Gasteiger partial charge in [-0.15, -0.1) is 0 Å². The van der Waals surface area contributed by atoms with Crippen LogP contribution in [0.4, 0.5) is 4.79 Å². The monoisotopic (exact) mass is 364 g/mol. The number of rotatable bonds is 3. The molecule has 148 valence electrons. The SMILES string of the molecule is CN1CCCCC1C(=O)N1CCCN(C(=O)NCC2CCCCC2)CC1. The highest BCUT2D eigenvalue weighted by atomic mass is 16.2. The van der Waals surface area contributed by atoms with Crippen LogP contribution in [0.15, 0.2) is 0 Å². The first-order valence-corrected chi connectivity index (χ1v) is 10.7. The lowest BCUT2D eigenvalue weighted by molar-refractivity contribution is -0.137. The zero-order valence-corrected chi connectivity index (χ0v) is 16.4. The molecule has 2 saturated heterocycles. The van der Waals surface area contributed by atoms with Crippen LogP contribution in [0.25, 0.3) is 0 Å². The Bertz CT molecular complexity index is 478. The molecular formula is C20H36N4O2. The summed E-state index contributed by atoms with van der Waals surface area (Å²) in [7, 11) is 2.06. The van der Waals surface area contributed by atoms with Crippen LogP contribution in [0.1, 0.15) is 57.8 Å². The van der Waals surface area contributed by atoms with Gasteiger partial charge in [0.1, 0.15) is 0 Å². The molecule has 1 saturated carbocycles. The molecule has 1 aliphatic carbocycles. The van der Waals surface area contributed by atoms with Crippen molar-refractivity contribution in [3.8, 4) is 0 Å². The van der Waals surface area contributed by atoms with Gasteiger partial charge in [-0.2, -0.15) is 0 Å². The van der Waals surface area contributed by atoms with Gasteiger partial charge in [0.25, 0.3) is 0 Å². The number of carbonyl (C=O) groups excluding carboxylic acids is 2. The van der Waals surface area contributed by atoms with Gasteiger partial charge in [0, 0.05) is 32.7 Å². The van der Waals surface area contributed by atoms with Crippen LogP contribution >= 0.6 is 0 Å². The van der Waals surface area contributed by atoms with E-state index in [1.54, 1.807) is 0 Å². The van der Waals surface area contributed by atoms with Crippen molar-refractivity contribution in [1.29, 1.82) is 0 Å². The van der Waals surface area contributed by atoms with Gasteiger partial charge in [-0.3, -0.25) is 9.69 Å². The predicted octanol–water partition coefficient (Wildman–Crippen LogP) is 2.29. The number of hydrogen-bond donors (Lipinski definition) is 1. The second kappa shape index (κ2) is 9.58. The van der Waals surface area contributed by atoms with E-state index in [0.29, 0.717) is 19.0 Å². The van der Waals surface area contributed by atoms with Crippen LogP contribution in [-0.4, -0.2) is 79.0 Å². The number of urea groups is 1. The third-order valence-corrected chi connectivity index (χ3v) is 6.42. The molecule has 26 heavy (non-hydrogen) atoms. The zero-order valence-electron chi connectivity index (χ0n) is 16.4. The van der Waals surface area contributed by atoms with Crippen LogP contribution in [-0.2, 0) is 4.79 Å². The van der Waals surface area contributed by atoms with E-state index in [1.165, 1.54) is 38.5 Å². The molecule has 1 N–H and O–H groups in total. The third kappa shape index (κ3) is 5.12. The molecule has 6 heteroatoms. The van der Waals surface area contributed by atoms with Gasteiger partial charge >= 0.3 is 6.03 Å². The van der Waals surface area contributed by atoms with Crippen LogP contribution in [0, 0.1) is 5.92 Å². The molecular weight excluding hydrogens is 328 g/mol. The fourth-order valence-corrected chi connectivity index (χ4v) is 4.67. The summed E-state index contributed by atoms with van der Waals surface area (Å²) in [6.07, 6.45) is 10.6. The number of nitrogens with one attached hydrogen (secondary N) is 1. The molecule has 0 aromatic heterocycles. The lowest BCUT2D eigenvalue weighted by Gasteiger charge is -2.35. The van der Waals surface area contributed by atoms with Crippen LogP contribution in [0.2, 0.25) is 0 Å². The van der Waals surface area contributed by atoms with E-state index in [0.717, 1.165) is 45.4 Å². The van der Waals surface area contributed by atoms with Gasteiger partial charge in [-0.25, -0.2) is 4.79 Å². The first kappa shape index (κ1) is 19.5. The first-order valence-electron chi connectivity index (χ1n) is 10.7. The quantitative estimate of drug-likeness (QED) is 0.836. The van der Waals surface area contributed by atoms with Gasteiger partial charge in [0.05, 0.1) is 6.04 Å². The number of nitrogens with zero attached hydrogens (tertiary/aromatic N) is 3. The Morgan fingerprint density at radius 3 is 2.27 bits per heavy atom. The molecule has 3 rings (SSSR count). The van der Waals surface area contributed by atoms with E-state index >= 15 is 0 Å². The number of likely N-dealkylation sites (tertiary alicyclic amines) is 1. The van der Waals surface area contributed by atoms with Gasteiger partial charge < -0.3 is 15.1 Å². The molecule has 0 aromatic carbocycles. The predicted molar refractivity (Wildman–Crippen MR) is 103 cm³/mol. The summed E-state index contributed by atoms with van der Waals surface area (Å²) < 4.78 is 0. The molecule has 3 aliphatic rings. The Morgan fingerprint density at radius 1 is 0.808 bits per heavy atom. The van der Waals surface area contributed by atoms with E-state index in [2.05, 4.69) is 17.3 Å². The Morgan fingerprint density at radius 2 is 1.50 bits per heavy atom. The van der Waals surface area contributed by atoms with E-state index in [4.69, 9.17) is 0 Å². The van der Waals surface area contributed by atoms with Crippen molar-refractivity contribution in [1.82, 2.24) is 20.0 Å². The zero-order chi connectivity index (χ0) is 18.4. The second-order valence-corrected chi connectivity index (χ2v) is 8.35. The Kier molecular flexibility index (Phi) is 7.17. The molecule has 0 bridgehead atoms. The van der Waals surface area contributed by atoms with E-state index in [-0.39, 0.29) is 18.0 Å². The molecule has 2 heterocycles. The summed E-state index contributed by atoms with van der Waals surface area (Å²) in [6, 6.07) is 0.0927. The van der Waals surface area contributed by atoms with Gasteiger partial charge in [0.15, 0.2) is 0 Å². The van der Waals surface area contributed by atoms with Crippen molar-refractivity contribution < 1.29 is 9.59 Å². The van der Waals surface area contributed by atoms with Crippen LogP contribution in [0.5, 0.6) is 0 Å². The summed E-state index contributed by atoms with van der Waals surface area (Å²) in [5, 5.41) is 3.14. The van der Waals surface area contributed by atoms with Gasteiger partial charge in [-0.1, -0.05) is 25.7 Å². The molecule has 3 amide bonds. The molecule has 1 unspecified atom stereocenters. The van der Waals surface area contributed by atoms with E-state index in [9.17, 15) is 9.59 Å². The molecule has 1 atom stereocenters. The molecule has 6 nitrogen and oxygen atoms in total. The van der Waals surface area contributed by atoms with Crippen molar-refractivity contribution in [3.05, 3.63) is 0 Å². The maximum absolute atomic E-state index is 12.9. The summed E-state index contributed by atoms with van der Waals surface area (Å²) in [5.41, 5.74) is 0. The third-order valence-electron chi connectivity index (χ3n) is 6.42. The van der Waals surface area contributed by atoms with E-state index < -0.39 is 0 Å². The minimum atomic E-state index is 0.0374. The van der Waals surface area contributed by atoms with Crippen molar-refractivity contribution in [2.75, 3.05) is 46.3 Å². The van der Waals surface area contributed by atoms with Crippen molar-refractivity contribution in [3.63, 3.8) is 0 Å². The Balaban J connectivity index is 1.44. The molecule has 3 fully saturated rings. The molecule has 0 aromatic rings. The fraction of sp³-hybridized carbons (Fsp3) is 0.900. The van der Waals surface area contributed by atoms with Crippen molar-refractivity contribution in [2.24, 2.45) is 5.92 Å². The van der Waals surface area contributed by atoms with Gasteiger partial charge in [-0.05, 0) is 51.6 Å². The van der Waals surface area contributed by atoms with Crippen molar-refractivity contribution >= 4 is 11.9 Å². The average Bonchev–Trinajstić information content (AvgIpc) is 2.93. The summed E-state index contributed by atoms with van der Waals surface area (Å²) in [4.78, 5) is 31.5. The second-order valence-electron chi connectivity index (χ2n) is 8.35. The molecule has 0 spiro atoms. The molecule has 2 aliphatic heterocycles.